The van der Waals surface area contributed by atoms with Crippen molar-refractivity contribution in [1.29, 1.82) is 0 Å². The summed E-state index contributed by atoms with van der Waals surface area (Å²) in [6, 6.07) is 0. The highest BCUT2D eigenvalue weighted by atomic mass is 16.6. The molecule has 0 heterocycles. The zero-order valence-electron chi connectivity index (χ0n) is 12.8. The minimum absolute atomic E-state index is 0.0507. The van der Waals surface area contributed by atoms with Crippen LogP contribution in [-0.4, -0.2) is 36.0 Å². The standard InChI is InChI=1S/C17H26O4/c1-11(2)16(19)21-17-8-12-3-4-14(13(7-12)9-17)15(10-17)20-6-5-18/h12-15,18H,1,3-10H2,2H3. The molecule has 0 aliphatic heterocycles. The van der Waals surface area contributed by atoms with Crippen molar-refractivity contribution in [2.75, 3.05) is 13.2 Å². The molecule has 0 aromatic carbocycles. The van der Waals surface area contributed by atoms with Crippen LogP contribution >= 0.6 is 0 Å². The van der Waals surface area contributed by atoms with Crippen LogP contribution < -0.4 is 0 Å². The average molecular weight is 294 g/mol. The van der Waals surface area contributed by atoms with Gasteiger partial charge in [-0.25, -0.2) is 4.79 Å². The molecule has 5 atom stereocenters. The third-order valence-corrected chi connectivity index (χ3v) is 5.58. The van der Waals surface area contributed by atoms with E-state index in [1.54, 1.807) is 6.92 Å². The van der Waals surface area contributed by atoms with Crippen LogP contribution in [-0.2, 0) is 14.3 Å². The molecule has 0 aromatic rings. The van der Waals surface area contributed by atoms with Gasteiger partial charge in [-0.05, 0) is 56.8 Å². The summed E-state index contributed by atoms with van der Waals surface area (Å²) in [4.78, 5) is 12.0. The van der Waals surface area contributed by atoms with Crippen LogP contribution in [0.3, 0.4) is 0 Å². The average Bonchev–Trinajstić information content (AvgIpc) is 2.42. The lowest BCUT2D eigenvalue weighted by molar-refractivity contribution is -0.199. The van der Waals surface area contributed by atoms with Crippen LogP contribution in [0, 0.1) is 17.8 Å². The molecule has 5 unspecified atom stereocenters. The first-order valence-corrected chi connectivity index (χ1v) is 8.14. The zero-order valence-corrected chi connectivity index (χ0v) is 12.8. The molecule has 1 N–H and O–H groups in total. The molecule has 0 radical (unpaired) electrons. The van der Waals surface area contributed by atoms with Crippen molar-refractivity contribution in [3.8, 4) is 0 Å². The maximum Gasteiger partial charge on any atom is 0.333 e. The van der Waals surface area contributed by atoms with E-state index in [4.69, 9.17) is 14.6 Å². The summed E-state index contributed by atoms with van der Waals surface area (Å²) in [7, 11) is 0. The molecule has 3 rings (SSSR count). The normalized spacial score (nSPS) is 40.9. The summed E-state index contributed by atoms with van der Waals surface area (Å²) in [6.45, 7) is 5.83. The van der Waals surface area contributed by atoms with Gasteiger partial charge in [-0.2, -0.15) is 0 Å². The van der Waals surface area contributed by atoms with E-state index in [-0.39, 0.29) is 24.3 Å². The monoisotopic (exact) mass is 294 g/mol. The lowest BCUT2D eigenvalue weighted by Crippen LogP contribution is -2.56. The molecule has 21 heavy (non-hydrogen) atoms. The van der Waals surface area contributed by atoms with Crippen molar-refractivity contribution >= 4 is 5.97 Å². The summed E-state index contributed by atoms with van der Waals surface area (Å²) in [5.41, 5.74) is 0.107. The van der Waals surface area contributed by atoms with Crippen LogP contribution in [0.2, 0.25) is 0 Å². The van der Waals surface area contributed by atoms with Crippen LogP contribution in [0.1, 0.15) is 45.4 Å². The highest BCUT2D eigenvalue weighted by Crippen LogP contribution is 2.56. The van der Waals surface area contributed by atoms with E-state index in [1.807, 2.05) is 0 Å². The van der Waals surface area contributed by atoms with E-state index < -0.39 is 0 Å². The van der Waals surface area contributed by atoms with Gasteiger partial charge in [-0.1, -0.05) is 6.58 Å². The third kappa shape index (κ3) is 2.88. The number of carbonyl (C=O) groups is 1. The number of carbonyl (C=O) groups excluding carboxylic acids is 1. The van der Waals surface area contributed by atoms with E-state index >= 15 is 0 Å². The largest absolute Gasteiger partial charge is 0.456 e. The van der Waals surface area contributed by atoms with Gasteiger partial charge >= 0.3 is 5.97 Å². The number of esters is 1. The van der Waals surface area contributed by atoms with E-state index in [1.165, 1.54) is 19.3 Å². The first-order valence-electron chi connectivity index (χ1n) is 8.14. The summed E-state index contributed by atoms with van der Waals surface area (Å²) in [5.74, 6) is 1.60. The maximum atomic E-state index is 12.0. The zero-order chi connectivity index (χ0) is 15.0. The molecule has 0 aromatic heterocycles. The molecule has 0 amide bonds. The van der Waals surface area contributed by atoms with Gasteiger partial charge in [0.05, 0.1) is 19.3 Å². The smallest absolute Gasteiger partial charge is 0.333 e. The van der Waals surface area contributed by atoms with Gasteiger partial charge in [0.1, 0.15) is 5.60 Å². The number of rotatable bonds is 5. The Bertz CT molecular complexity index is 429. The first kappa shape index (κ1) is 15.0. The second-order valence-corrected chi connectivity index (χ2v) is 7.20. The second kappa shape index (κ2) is 5.73. The molecule has 3 fully saturated rings. The Hall–Kier alpha value is -0.870. The predicted octanol–water partition coefficient (Wildman–Crippen LogP) is 2.45. The Morgan fingerprint density at radius 2 is 2.14 bits per heavy atom. The highest BCUT2D eigenvalue weighted by molar-refractivity contribution is 5.87. The van der Waals surface area contributed by atoms with Gasteiger partial charge in [0.25, 0.3) is 0 Å². The molecule has 3 saturated carbocycles. The summed E-state index contributed by atoms with van der Waals surface area (Å²) in [6.07, 6.45) is 6.53. The molecule has 3 bridgehead atoms. The van der Waals surface area contributed by atoms with Crippen LogP contribution in [0.15, 0.2) is 12.2 Å². The number of fused-ring (bicyclic) bond motifs is 2. The van der Waals surface area contributed by atoms with Crippen molar-refractivity contribution < 1.29 is 19.4 Å². The molecule has 0 spiro atoms. The van der Waals surface area contributed by atoms with Gasteiger partial charge in [0.2, 0.25) is 0 Å². The topological polar surface area (TPSA) is 55.8 Å². The quantitative estimate of drug-likeness (QED) is 0.625. The number of ether oxygens (including phenoxy) is 2. The third-order valence-electron chi connectivity index (χ3n) is 5.58. The fourth-order valence-electron chi connectivity index (χ4n) is 4.86. The Balaban J connectivity index is 1.79. The Labute approximate surface area is 126 Å². The minimum atomic E-state index is -0.360. The van der Waals surface area contributed by atoms with Crippen LogP contribution in [0.5, 0.6) is 0 Å². The molecule has 3 aliphatic carbocycles. The Morgan fingerprint density at radius 3 is 2.86 bits per heavy atom. The van der Waals surface area contributed by atoms with Crippen molar-refractivity contribution in [2.24, 2.45) is 17.8 Å². The van der Waals surface area contributed by atoms with Crippen LogP contribution in [0.25, 0.3) is 0 Å². The number of hydrogen-bond acceptors (Lipinski definition) is 4. The SMILES string of the molecule is C=C(C)C(=O)OC12CC3CCC(C(C3)C1)C(OCCO)C2. The van der Waals surface area contributed by atoms with E-state index in [2.05, 4.69) is 6.58 Å². The van der Waals surface area contributed by atoms with E-state index in [0.717, 1.165) is 19.3 Å². The van der Waals surface area contributed by atoms with Crippen molar-refractivity contribution in [3.63, 3.8) is 0 Å². The highest BCUT2D eigenvalue weighted by Gasteiger charge is 2.55. The van der Waals surface area contributed by atoms with E-state index in [9.17, 15) is 4.79 Å². The van der Waals surface area contributed by atoms with Crippen LogP contribution in [0.4, 0.5) is 0 Å². The fraction of sp³-hybridized carbons (Fsp3) is 0.824. The fourth-order valence-corrected chi connectivity index (χ4v) is 4.86. The van der Waals surface area contributed by atoms with Gasteiger partial charge in [0.15, 0.2) is 0 Å². The molecule has 4 nitrogen and oxygen atoms in total. The number of aliphatic hydroxyl groups is 1. The molecular weight excluding hydrogens is 268 g/mol. The molecule has 118 valence electrons. The van der Waals surface area contributed by atoms with E-state index in [0.29, 0.717) is 29.9 Å². The molecule has 0 saturated heterocycles. The summed E-state index contributed by atoms with van der Waals surface area (Å²) >= 11 is 0. The van der Waals surface area contributed by atoms with Crippen molar-refractivity contribution in [1.82, 2.24) is 0 Å². The summed E-state index contributed by atoms with van der Waals surface area (Å²) in [5, 5.41) is 9.03. The summed E-state index contributed by atoms with van der Waals surface area (Å²) < 4.78 is 11.8. The van der Waals surface area contributed by atoms with Crippen molar-refractivity contribution in [3.05, 3.63) is 12.2 Å². The molecule has 4 heteroatoms. The lowest BCUT2D eigenvalue weighted by atomic mass is 9.54. The second-order valence-electron chi connectivity index (χ2n) is 7.20. The number of hydrogen-bond donors (Lipinski definition) is 1. The van der Waals surface area contributed by atoms with Gasteiger partial charge in [-0.3, -0.25) is 0 Å². The lowest BCUT2D eigenvalue weighted by Gasteiger charge is -2.56. The molecular formula is C17H26O4. The van der Waals surface area contributed by atoms with Gasteiger partial charge < -0.3 is 14.6 Å². The predicted molar refractivity (Wildman–Crippen MR) is 78.6 cm³/mol. The Kier molecular flexibility index (Phi) is 4.10. The minimum Gasteiger partial charge on any atom is -0.456 e. The molecule has 3 aliphatic rings. The van der Waals surface area contributed by atoms with Gasteiger partial charge in [0, 0.05) is 12.0 Å². The van der Waals surface area contributed by atoms with Crippen molar-refractivity contribution in [2.45, 2.75) is 57.2 Å². The van der Waals surface area contributed by atoms with Gasteiger partial charge in [-0.15, -0.1) is 0 Å². The number of aliphatic hydroxyl groups excluding tert-OH is 1. The Morgan fingerprint density at radius 1 is 1.33 bits per heavy atom. The maximum absolute atomic E-state index is 12.0. The first-order chi connectivity index (χ1) is 10.0.